The zero-order valence-electron chi connectivity index (χ0n) is 14.8. The number of hydrogen-bond acceptors (Lipinski definition) is 0. The first-order valence-electron chi connectivity index (χ1n) is 9.95. The monoisotopic (exact) mass is 302 g/mol. The summed E-state index contributed by atoms with van der Waals surface area (Å²) in [6, 6.07) is 0. The first kappa shape index (κ1) is 19.3. The maximum Gasteiger partial charge on any atom is -0.0348 e. The summed E-state index contributed by atoms with van der Waals surface area (Å²) in [5.41, 5.74) is 0. The van der Waals surface area contributed by atoms with E-state index in [0.717, 1.165) is 0 Å². The van der Waals surface area contributed by atoms with Crippen LogP contribution < -0.4 is 0 Å². The Kier molecular flexibility index (Phi) is 14.5. The molecule has 0 aliphatic heterocycles. The van der Waals surface area contributed by atoms with Crippen LogP contribution in [0.3, 0.4) is 0 Å². The van der Waals surface area contributed by atoms with Gasteiger partial charge < -0.3 is 0 Å². The van der Waals surface area contributed by atoms with Crippen molar-refractivity contribution in [2.75, 3.05) is 0 Å². The van der Waals surface area contributed by atoms with Crippen molar-refractivity contribution < 1.29 is 0 Å². The van der Waals surface area contributed by atoms with Crippen LogP contribution >= 0.6 is 0 Å². The van der Waals surface area contributed by atoms with Crippen molar-refractivity contribution >= 4 is 0 Å². The second-order valence-corrected chi connectivity index (χ2v) is 6.68. The molecule has 0 saturated heterocycles. The summed E-state index contributed by atoms with van der Waals surface area (Å²) >= 11 is 0. The first-order valence-corrected chi connectivity index (χ1v) is 9.95. The van der Waals surface area contributed by atoms with Crippen molar-refractivity contribution in [3.05, 3.63) is 36.5 Å². The molecule has 1 fully saturated rings. The second kappa shape index (κ2) is 16.6. The predicted molar refractivity (Wildman–Crippen MR) is 101 cm³/mol. The topological polar surface area (TPSA) is 0 Å². The van der Waals surface area contributed by atoms with E-state index in [0.29, 0.717) is 0 Å². The Morgan fingerprint density at radius 2 is 0.455 bits per heavy atom. The number of rotatable bonds is 0. The molecule has 0 spiro atoms. The summed E-state index contributed by atoms with van der Waals surface area (Å²) in [6.45, 7) is 0. The van der Waals surface area contributed by atoms with Gasteiger partial charge >= 0.3 is 0 Å². The van der Waals surface area contributed by atoms with E-state index in [2.05, 4.69) is 36.5 Å². The summed E-state index contributed by atoms with van der Waals surface area (Å²) in [6.07, 6.45) is 36.0. The smallest absolute Gasteiger partial charge is 0.0348 e. The van der Waals surface area contributed by atoms with Gasteiger partial charge in [-0.3, -0.25) is 0 Å². The van der Waals surface area contributed by atoms with Crippen LogP contribution in [0.15, 0.2) is 36.5 Å². The van der Waals surface area contributed by atoms with Crippen molar-refractivity contribution in [1.82, 2.24) is 0 Å². The predicted octanol–water partition coefficient (Wildman–Crippen LogP) is 7.91. The van der Waals surface area contributed by atoms with Gasteiger partial charge in [0.15, 0.2) is 0 Å². The summed E-state index contributed by atoms with van der Waals surface area (Å²) in [7, 11) is 0. The molecule has 0 radical (unpaired) electrons. The molecule has 4 aliphatic carbocycles. The highest BCUT2D eigenvalue weighted by Gasteiger charge is 1.95. The molecular weight excluding hydrogens is 264 g/mol. The molecule has 1 saturated carbocycles. The molecule has 0 aromatic rings. The van der Waals surface area contributed by atoms with Crippen LogP contribution in [0.2, 0.25) is 0 Å². The Bertz CT molecular complexity index is 265. The quantitative estimate of drug-likeness (QED) is 0.399. The molecule has 126 valence electrons. The van der Waals surface area contributed by atoms with Gasteiger partial charge in [-0.1, -0.05) is 68.6 Å². The first-order chi connectivity index (χ1) is 11.0. The molecule has 4 rings (SSSR count). The highest BCUT2D eigenvalue weighted by molar-refractivity contribution is 4.88. The molecule has 0 heteroatoms. The molecule has 0 aromatic heterocycles. The zero-order chi connectivity index (χ0) is 15.6. The van der Waals surface area contributed by atoms with E-state index in [9.17, 15) is 0 Å². The molecule has 0 nitrogen and oxygen atoms in total. The maximum atomic E-state index is 2.30. The van der Waals surface area contributed by atoms with E-state index >= 15 is 0 Å². The highest BCUT2D eigenvalue weighted by atomic mass is 14.0. The second-order valence-electron chi connectivity index (χ2n) is 6.68. The SMILES string of the molecule is C1=CCCC1.C1=CCCCC1.C1=CCCCCC1.C1CCC1. The van der Waals surface area contributed by atoms with Gasteiger partial charge in [0.2, 0.25) is 0 Å². The normalized spacial score (nSPS) is 21.8. The average molecular weight is 303 g/mol. The average Bonchev–Trinajstić information content (AvgIpc) is 2.96. The standard InChI is InChI=1S/C7H12.C6H10.C5H8.C4H8/c1-2-4-6-7-5-3-1;1-2-4-6-5-3-1;1-2-4-5-3-1;1-2-4-3-1/h1-2H,3-7H2;1-2H,3-6H2;1-2H,3-5H2;1-4H2. The third-order valence-electron chi connectivity index (χ3n) is 4.47. The van der Waals surface area contributed by atoms with E-state index in [4.69, 9.17) is 0 Å². The van der Waals surface area contributed by atoms with Crippen LogP contribution in [-0.4, -0.2) is 0 Å². The van der Waals surface area contributed by atoms with Gasteiger partial charge in [0.1, 0.15) is 0 Å². The van der Waals surface area contributed by atoms with Crippen LogP contribution in [-0.2, 0) is 0 Å². The minimum absolute atomic E-state index is 1.32. The summed E-state index contributed by atoms with van der Waals surface area (Å²) < 4.78 is 0. The number of hydrogen-bond donors (Lipinski definition) is 0. The van der Waals surface area contributed by atoms with Crippen LogP contribution in [0.1, 0.15) is 103 Å². The lowest BCUT2D eigenvalue weighted by Crippen LogP contribution is -1.85. The van der Waals surface area contributed by atoms with Crippen molar-refractivity contribution in [2.24, 2.45) is 0 Å². The van der Waals surface area contributed by atoms with Gasteiger partial charge in [0.25, 0.3) is 0 Å². The van der Waals surface area contributed by atoms with E-state index in [1.54, 1.807) is 0 Å². The molecule has 0 amide bonds. The van der Waals surface area contributed by atoms with Crippen LogP contribution in [0.5, 0.6) is 0 Å². The van der Waals surface area contributed by atoms with E-state index in [1.165, 1.54) is 103 Å². The van der Waals surface area contributed by atoms with E-state index in [1.807, 2.05) is 0 Å². The van der Waals surface area contributed by atoms with Gasteiger partial charge in [0.05, 0.1) is 0 Å². The lowest BCUT2D eigenvalue weighted by atomic mass is 10.0. The molecule has 0 N–H and O–H groups in total. The fourth-order valence-corrected chi connectivity index (χ4v) is 2.54. The Balaban J connectivity index is 0.000000149. The largest absolute Gasteiger partial charge is 0.0885 e. The fraction of sp³-hybridized carbons (Fsp3) is 0.727. The van der Waals surface area contributed by atoms with Gasteiger partial charge in [-0.05, 0) is 70.6 Å². The minimum atomic E-state index is 1.32. The Morgan fingerprint density at radius 3 is 0.682 bits per heavy atom. The summed E-state index contributed by atoms with van der Waals surface area (Å²) in [5.74, 6) is 0. The molecular formula is C22H38. The van der Waals surface area contributed by atoms with Crippen molar-refractivity contribution in [2.45, 2.75) is 103 Å². The molecule has 22 heavy (non-hydrogen) atoms. The third-order valence-corrected chi connectivity index (χ3v) is 4.47. The Morgan fingerprint density at radius 1 is 0.227 bits per heavy atom. The van der Waals surface area contributed by atoms with Crippen molar-refractivity contribution in [3.63, 3.8) is 0 Å². The van der Waals surface area contributed by atoms with E-state index in [-0.39, 0.29) is 0 Å². The summed E-state index contributed by atoms with van der Waals surface area (Å²) in [4.78, 5) is 0. The van der Waals surface area contributed by atoms with Gasteiger partial charge in [-0.15, -0.1) is 0 Å². The van der Waals surface area contributed by atoms with Gasteiger partial charge in [0, 0.05) is 0 Å². The Labute approximate surface area is 139 Å². The van der Waals surface area contributed by atoms with Gasteiger partial charge in [-0.25, -0.2) is 0 Å². The van der Waals surface area contributed by atoms with Crippen LogP contribution in [0.4, 0.5) is 0 Å². The Hall–Kier alpha value is -0.780. The van der Waals surface area contributed by atoms with E-state index < -0.39 is 0 Å². The summed E-state index contributed by atoms with van der Waals surface area (Å²) in [5, 5.41) is 0. The molecule has 0 unspecified atom stereocenters. The molecule has 0 bridgehead atoms. The zero-order valence-corrected chi connectivity index (χ0v) is 14.8. The van der Waals surface area contributed by atoms with Crippen LogP contribution in [0.25, 0.3) is 0 Å². The van der Waals surface area contributed by atoms with Crippen LogP contribution in [0, 0.1) is 0 Å². The third kappa shape index (κ3) is 14.2. The fourth-order valence-electron chi connectivity index (χ4n) is 2.54. The molecule has 0 atom stereocenters. The van der Waals surface area contributed by atoms with Gasteiger partial charge in [-0.2, -0.15) is 0 Å². The highest BCUT2D eigenvalue weighted by Crippen LogP contribution is 2.15. The molecule has 4 aliphatic rings. The van der Waals surface area contributed by atoms with Crippen molar-refractivity contribution in [1.29, 1.82) is 0 Å². The van der Waals surface area contributed by atoms with Crippen molar-refractivity contribution in [3.8, 4) is 0 Å². The molecule has 0 heterocycles. The lowest BCUT2D eigenvalue weighted by Gasteiger charge is -2.05. The number of allylic oxidation sites excluding steroid dienone is 6. The molecule has 0 aromatic carbocycles. The minimum Gasteiger partial charge on any atom is -0.0885 e. The maximum absolute atomic E-state index is 2.30. The lowest BCUT2D eigenvalue weighted by molar-refractivity contribution is 0.504.